The van der Waals surface area contributed by atoms with Crippen molar-refractivity contribution in [3.8, 4) is 6.07 Å². The van der Waals surface area contributed by atoms with Gasteiger partial charge in [-0.2, -0.15) is 5.26 Å². The molecule has 1 aliphatic rings. The molecule has 0 aromatic carbocycles. The Bertz CT molecular complexity index is 1060. The smallest absolute Gasteiger partial charge is 0.187 e. The maximum absolute atomic E-state index is 8.92. The number of hydrogen-bond donors (Lipinski definition) is 1. The number of anilines is 2. The number of nitrogens with zero attached hydrogens (tertiary/aromatic N) is 7. The molecule has 1 atom stereocenters. The minimum Gasteiger partial charge on any atom is -0.339 e. The molecule has 0 amide bonds. The molecule has 1 fully saturated rings. The summed E-state index contributed by atoms with van der Waals surface area (Å²) in [4.78, 5) is 24.7. The number of aryl methyl sites for hydroxylation is 1. The van der Waals surface area contributed by atoms with Crippen LogP contribution in [0.25, 0.3) is 0 Å². The van der Waals surface area contributed by atoms with Gasteiger partial charge in [-0.1, -0.05) is 18.2 Å². The predicted molar refractivity (Wildman–Crippen MR) is 120 cm³/mol. The van der Waals surface area contributed by atoms with Crippen molar-refractivity contribution < 1.29 is 0 Å². The third-order valence-corrected chi connectivity index (χ3v) is 5.79. The van der Waals surface area contributed by atoms with Crippen molar-refractivity contribution in [2.24, 2.45) is 0 Å². The van der Waals surface area contributed by atoms with Gasteiger partial charge < -0.3 is 5.32 Å². The third-order valence-electron chi connectivity index (χ3n) is 5.21. The molecule has 0 aliphatic carbocycles. The van der Waals surface area contributed by atoms with E-state index in [1.807, 2.05) is 43.8 Å². The van der Waals surface area contributed by atoms with E-state index in [1.54, 1.807) is 24.0 Å². The molecule has 4 heterocycles. The molecule has 1 N–H and O–H groups in total. The van der Waals surface area contributed by atoms with Gasteiger partial charge in [-0.3, -0.25) is 4.90 Å². The maximum Gasteiger partial charge on any atom is 0.187 e. The highest BCUT2D eigenvalue weighted by Gasteiger charge is 2.26. The standard InChI is InChI=1S/C22H24N8S/c1-15-27-19(9-21(28-15)29-18-7-6-17(10-23)24-13-18)20-5-3-4-8-30(20)14-16-11-25-22(31-2)26-12-16/h6-7,9,11-13,20H,3-5,8,14H2,1-2H3,(H,27,28,29). The molecule has 0 spiro atoms. The number of pyridine rings is 1. The van der Waals surface area contributed by atoms with Gasteiger partial charge in [-0.25, -0.2) is 24.9 Å². The van der Waals surface area contributed by atoms with Gasteiger partial charge in [0.1, 0.15) is 23.4 Å². The quantitative estimate of drug-likeness (QED) is 0.456. The van der Waals surface area contributed by atoms with E-state index in [2.05, 4.69) is 30.2 Å². The van der Waals surface area contributed by atoms with E-state index in [1.165, 1.54) is 12.8 Å². The number of nitriles is 1. The van der Waals surface area contributed by atoms with Gasteiger partial charge in [0.05, 0.1) is 23.6 Å². The lowest BCUT2D eigenvalue weighted by molar-refractivity contribution is 0.136. The van der Waals surface area contributed by atoms with Crippen LogP contribution in [0.3, 0.4) is 0 Å². The van der Waals surface area contributed by atoms with Crippen LogP contribution in [0.5, 0.6) is 0 Å². The van der Waals surface area contributed by atoms with Gasteiger partial charge in [-0.15, -0.1) is 0 Å². The Kier molecular flexibility index (Phi) is 6.70. The topological polar surface area (TPSA) is 104 Å². The third kappa shape index (κ3) is 5.34. The number of rotatable bonds is 6. The molecule has 3 aromatic heterocycles. The van der Waals surface area contributed by atoms with Crippen LogP contribution in [0, 0.1) is 18.3 Å². The number of nitrogens with one attached hydrogen (secondary N) is 1. The molecule has 4 rings (SSSR count). The Morgan fingerprint density at radius 2 is 2.00 bits per heavy atom. The first-order valence-corrected chi connectivity index (χ1v) is 11.4. The summed E-state index contributed by atoms with van der Waals surface area (Å²) >= 11 is 1.55. The minimum atomic E-state index is 0.218. The highest BCUT2D eigenvalue weighted by Crippen LogP contribution is 2.32. The van der Waals surface area contributed by atoms with Crippen LogP contribution in [-0.2, 0) is 6.54 Å². The van der Waals surface area contributed by atoms with Crippen molar-refractivity contribution in [1.29, 1.82) is 5.26 Å². The lowest BCUT2D eigenvalue weighted by Gasteiger charge is -2.35. The second-order valence-corrected chi connectivity index (χ2v) is 8.23. The molecule has 1 unspecified atom stereocenters. The fourth-order valence-corrected chi connectivity index (χ4v) is 4.10. The van der Waals surface area contributed by atoms with Crippen molar-refractivity contribution in [3.63, 3.8) is 0 Å². The number of aromatic nitrogens is 5. The molecule has 9 heteroatoms. The molecule has 0 saturated carbocycles. The molecule has 0 radical (unpaired) electrons. The molecule has 1 saturated heterocycles. The summed E-state index contributed by atoms with van der Waals surface area (Å²) in [5.74, 6) is 1.45. The van der Waals surface area contributed by atoms with Gasteiger partial charge in [0.2, 0.25) is 0 Å². The maximum atomic E-state index is 8.92. The number of thioether (sulfide) groups is 1. The summed E-state index contributed by atoms with van der Waals surface area (Å²) < 4.78 is 0. The fourth-order valence-electron chi connectivity index (χ4n) is 3.79. The van der Waals surface area contributed by atoms with Gasteiger partial charge in [0.25, 0.3) is 0 Å². The highest BCUT2D eigenvalue weighted by molar-refractivity contribution is 7.98. The van der Waals surface area contributed by atoms with E-state index in [0.29, 0.717) is 5.69 Å². The van der Waals surface area contributed by atoms with Gasteiger partial charge in [0.15, 0.2) is 5.16 Å². The van der Waals surface area contributed by atoms with Crippen LogP contribution in [0.15, 0.2) is 41.9 Å². The van der Waals surface area contributed by atoms with Gasteiger partial charge in [-0.05, 0) is 44.7 Å². The zero-order valence-corrected chi connectivity index (χ0v) is 18.4. The van der Waals surface area contributed by atoms with Gasteiger partial charge >= 0.3 is 0 Å². The molecule has 3 aromatic rings. The number of piperidine rings is 1. The monoisotopic (exact) mass is 432 g/mol. The first-order chi connectivity index (χ1) is 15.1. The first kappa shape index (κ1) is 21.2. The van der Waals surface area contributed by atoms with Crippen LogP contribution in [0.2, 0.25) is 0 Å². The van der Waals surface area contributed by atoms with Crippen LogP contribution >= 0.6 is 11.8 Å². The van der Waals surface area contributed by atoms with E-state index in [0.717, 1.165) is 53.3 Å². The van der Waals surface area contributed by atoms with E-state index >= 15 is 0 Å². The molecule has 0 bridgehead atoms. The van der Waals surface area contributed by atoms with Crippen LogP contribution in [-0.4, -0.2) is 42.6 Å². The number of likely N-dealkylation sites (tertiary alicyclic amines) is 1. The van der Waals surface area contributed by atoms with Crippen LogP contribution < -0.4 is 5.32 Å². The summed E-state index contributed by atoms with van der Waals surface area (Å²) in [6.45, 7) is 3.72. The summed E-state index contributed by atoms with van der Waals surface area (Å²) in [6.07, 6.45) is 10.9. The van der Waals surface area contributed by atoms with Crippen molar-refractivity contribution in [1.82, 2.24) is 29.8 Å². The largest absolute Gasteiger partial charge is 0.339 e. The summed E-state index contributed by atoms with van der Waals surface area (Å²) in [6, 6.07) is 7.78. The molecular weight excluding hydrogens is 408 g/mol. The van der Waals surface area contributed by atoms with Crippen molar-refractivity contribution in [3.05, 3.63) is 59.6 Å². The average molecular weight is 433 g/mol. The zero-order chi connectivity index (χ0) is 21.6. The normalized spacial score (nSPS) is 16.6. The lowest BCUT2D eigenvalue weighted by Crippen LogP contribution is -2.33. The molecule has 158 valence electrons. The summed E-state index contributed by atoms with van der Waals surface area (Å²) in [5.41, 5.74) is 3.29. The predicted octanol–water partition coefficient (Wildman–Crippen LogP) is 4.03. The van der Waals surface area contributed by atoms with E-state index in [4.69, 9.17) is 10.2 Å². The Morgan fingerprint density at radius 1 is 1.16 bits per heavy atom. The average Bonchev–Trinajstić information content (AvgIpc) is 2.80. The first-order valence-electron chi connectivity index (χ1n) is 10.2. The fraction of sp³-hybridized carbons (Fsp3) is 0.364. The van der Waals surface area contributed by atoms with Crippen molar-refractivity contribution >= 4 is 23.3 Å². The van der Waals surface area contributed by atoms with Crippen LogP contribution in [0.4, 0.5) is 11.5 Å². The minimum absolute atomic E-state index is 0.218. The Labute approximate surface area is 186 Å². The Morgan fingerprint density at radius 3 is 2.71 bits per heavy atom. The molecule has 1 aliphatic heterocycles. The Balaban J connectivity index is 1.54. The number of hydrogen-bond acceptors (Lipinski definition) is 9. The second kappa shape index (κ2) is 9.81. The summed E-state index contributed by atoms with van der Waals surface area (Å²) in [7, 11) is 0. The van der Waals surface area contributed by atoms with Crippen molar-refractivity contribution in [2.45, 2.75) is 43.9 Å². The van der Waals surface area contributed by atoms with Crippen LogP contribution in [0.1, 0.15) is 48.1 Å². The molecular formula is C22H24N8S. The van der Waals surface area contributed by atoms with E-state index < -0.39 is 0 Å². The summed E-state index contributed by atoms with van der Waals surface area (Å²) in [5, 5.41) is 13.0. The van der Waals surface area contributed by atoms with Gasteiger partial charge in [0, 0.05) is 30.6 Å². The highest BCUT2D eigenvalue weighted by atomic mass is 32.2. The zero-order valence-electron chi connectivity index (χ0n) is 17.6. The van der Waals surface area contributed by atoms with E-state index in [9.17, 15) is 0 Å². The van der Waals surface area contributed by atoms with E-state index in [-0.39, 0.29) is 6.04 Å². The lowest BCUT2D eigenvalue weighted by atomic mass is 9.98. The SMILES string of the molecule is CSc1ncc(CN2CCCCC2c2cc(Nc3ccc(C#N)nc3)nc(C)n2)cn1. The van der Waals surface area contributed by atoms with Crippen molar-refractivity contribution in [2.75, 3.05) is 18.1 Å². The molecule has 31 heavy (non-hydrogen) atoms. The molecule has 8 nitrogen and oxygen atoms in total. The second-order valence-electron chi connectivity index (χ2n) is 7.45. The Hall–Kier alpha value is -3.09.